The Balaban J connectivity index is 1.32. The highest BCUT2D eigenvalue weighted by Crippen LogP contribution is 2.46. The highest BCUT2D eigenvalue weighted by molar-refractivity contribution is 5.68. The van der Waals surface area contributed by atoms with E-state index in [0.717, 1.165) is 53.7 Å². The zero-order valence-corrected chi connectivity index (χ0v) is 18.9. The average molecular weight is 482 g/mol. The van der Waals surface area contributed by atoms with Crippen molar-refractivity contribution in [1.29, 1.82) is 0 Å². The largest absolute Gasteiger partial charge is 0.573 e. The average Bonchev–Trinajstić information content (AvgIpc) is 3.66. The molecule has 5 rings (SSSR count). The fourth-order valence-electron chi connectivity index (χ4n) is 4.86. The van der Waals surface area contributed by atoms with E-state index in [0.29, 0.717) is 11.5 Å². The lowest BCUT2D eigenvalue weighted by molar-refractivity contribution is -0.274. The Morgan fingerprint density at radius 3 is 2.46 bits per heavy atom. The van der Waals surface area contributed by atoms with Crippen LogP contribution in [0.25, 0.3) is 11.1 Å². The molecule has 0 radical (unpaired) electrons. The molecule has 2 aliphatic rings. The number of benzene rings is 3. The summed E-state index contributed by atoms with van der Waals surface area (Å²) in [6, 6.07) is 19.6. The molecule has 0 amide bonds. The van der Waals surface area contributed by atoms with Crippen molar-refractivity contribution in [3.8, 4) is 22.6 Å². The monoisotopic (exact) mass is 482 g/mol. The molecule has 4 nitrogen and oxygen atoms in total. The fraction of sp³-hybridized carbons (Fsp3) is 0.321. The van der Waals surface area contributed by atoms with Crippen LogP contribution in [0.1, 0.15) is 54.4 Å². The van der Waals surface area contributed by atoms with E-state index in [1.54, 1.807) is 6.07 Å². The molecule has 182 valence electrons. The number of hydrogen-bond acceptors (Lipinski definition) is 3. The normalized spacial score (nSPS) is 18.3. The summed E-state index contributed by atoms with van der Waals surface area (Å²) in [5.74, 6) is 0.202. The lowest BCUT2D eigenvalue weighted by Gasteiger charge is -2.28. The maximum atomic E-state index is 12.5. The second kappa shape index (κ2) is 9.29. The lowest BCUT2D eigenvalue weighted by atomic mass is 9.88. The Hall–Kier alpha value is -3.48. The quantitative estimate of drug-likeness (QED) is 0.384. The van der Waals surface area contributed by atoms with E-state index in [-0.39, 0.29) is 24.2 Å². The van der Waals surface area contributed by atoms with Gasteiger partial charge in [0.25, 0.3) is 0 Å². The first kappa shape index (κ1) is 23.3. The van der Waals surface area contributed by atoms with Crippen LogP contribution in [0, 0.1) is 5.92 Å². The van der Waals surface area contributed by atoms with Crippen LogP contribution in [0.15, 0.2) is 66.7 Å². The van der Waals surface area contributed by atoms with Crippen LogP contribution in [-0.2, 0) is 11.2 Å². The van der Waals surface area contributed by atoms with Gasteiger partial charge in [0, 0.05) is 0 Å². The van der Waals surface area contributed by atoms with Crippen LogP contribution in [-0.4, -0.2) is 17.4 Å². The molecule has 1 N–H and O–H groups in total. The molecule has 1 unspecified atom stereocenters. The molecule has 1 aliphatic heterocycles. The van der Waals surface area contributed by atoms with Gasteiger partial charge in [0.1, 0.15) is 17.6 Å². The number of alkyl halides is 3. The van der Waals surface area contributed by atoms with Crippen molar-refractivity contribution in [3.05, 3.63) is 83.4 Å². The van der Waals surface area contributed by atoms with Crippen molar-refractivity contribution in [3.63, 3.8) is 0 Å². The van der Waals surface area contributed by atoms with Gasteiger partial charge in [0.05, 0.1) is 6.42 Å². The molecule has 0 aromatic heterocycles. The Kier molecular flexibility index (Phi) is 6.17. The standard InChI is InChI=1S/C28H25F3O4/c29-28(30,31)35-23-3-1-2-21(14-23)17-4-8-19(9-5-17)25-13-12-20-10-11-22(15-26(20)34-25)24(16-27(32)33)18-6-7-18/h1-5,8-11,14-15,18,24-25H,6-7,12-13,16H2,(H,32,33)/t24-,25?/m0/s1. The van der Waals surface area contributed by atoms with Crippen molar-refractivity contribution in [1.82, 2.24) is 0 Å². The first-order chi connectivity index (χ1) is 16.7. The lowest BCUT2D eigenvalue weighted by Crippen LogP contribution is -2.17. The first-order valence-electron chi connectivity index (χ1n) is 11.7. The minimum atomic E-state index is -4.73. The molecule has 35 heavy (non-hydrogen) atoms. The third-order valence-corrected chi connectivity index (χ3v) is 6.73. The highest BCUT2D eigenvalue weighted by atomic mass is 19.4. The summed E-state index contributed by atoms with van der Waals surface area (Å²) in [7, 11) is 0. The minimum absolute atomic E-state index is 0.0122. The number of carbonyl (C=O) groups is 1. The molecule has 0 bridgehead atoms. The predicted octanol–water partition coefficient (Wildman–Crippen LogP) is 7.29. The van der Waals surface area contributed by atoms with E-state index in [2.05, 4.69) is 10.8 Å². The Bertz CT molecular complexity index is 1220. The smallest absolute Gasteiger partial charge is 0.485 e. The summed E-state index contributed by atoms with van der Waals surface area (Å²) in [5.41, 5.74) is 4.53. The van der Waals surface area contributed by atoms with Crippen LogP contribution in [0.3, 0.4) is 0 Å². The topological polar surface area (TPSA) is 55.8 Å². The number of carboxylic acids is 1. The molecular weight excluding hydrogens is 457 g/mol. The van der Waals surface area contributed by atoms with E-state index in [9.17, 15) is 23.1 Å². The summed E-state index contributed by atoms with van der Waals surface area (Å²) in [6.45, 7) is 0. The molecule has 3 aromatic carbocycles. The van der Waals surface area contributed by atoms with Gasteiger partial charge in [0.2, 0.25) is 0 Å². The summed E-state index contributed by atoms with van der Waals surface area (Å²) in [6.07, 6.45) is -0.960. The van der Waals surface area contributed by atoms with Gasteiger partial charge in [-0.25, -0.2) is 0 Å². The number of hydrogen-bond donors (Lipinski definition) is 1. The zero-order chi connectivity index (χ0) is 24.6. The molecule has 0 saturated heterocycles. The molecule has 7 heteroatoms. The van der Waals surface area contributed by atoms with Crippen LogP contribution >= 0.6 is 0 Å². The van der Waals surface area contributed by atoms with Crippen molar-refractivity contribution in [2.75, 3.05) is 0 Å². The third kappa shape index (κ3) is 5.61. The first-order valence-corrected chi connectivity index (χ1v) is 11.7. The molecule has 1 saturated carbocycles. The van der Waals surface area contributed by atoms with E-state index in [4.69, 9.17) is 4.74 Å². The van der Waals surface area contributed by atoms with E-state index in [1.165, 1.54) is 18.2 Å². The third-order valence-electron chi connectivity index (χ3n) is 6.73. The van der Waals surface area contributed by atoms with Gasteiger partial charge < -0.3 is 14.6 Å². The second-order valence-electron chi connectivity index (χ2n) is 9.25. The summed E-state index contributed by atoms with van der Waals surface area (Å²) in [5, 5.41) is 9.33. The number of ether oxygens (including phenoxy) is 2. The number of carboxylic acid groups (broad SMARTS) is 1. The highest BCUT2D eigenvalue weighted by Gasteiger charge is 2.34. The Morgan fingerprint density at radius 1 is 1.00 bits per heavy atom. The van der Waals surface area contributed by atoms with E-state index >= 15 is 0 Å². The summed E-state index contributed by atoms with van der Waals surface area (Å²) >= 11 is 0. The zero-order valence-electron chi connectivity index (χ0n) is 18.9. The minimum Gasteiger partial charge on any atom is -0.485 e. The number of rotatable bonds is 7. The van der Waals surface area contributed by atoms with Crippen molar-refractivity contribution < 1.29 is 32.5 Å². The SMILES string of the molecule is O=C(O)C[C@H](c1ccc2c(c1)OC(c1ccc(-c3cccc(OC(F)(F)F)c3)cc1)CC2)C1CC1. The molecule has 1 aliphatic carbocycles. The summed E-state index contributed by atoms with van der Waals surface area (Å²) < 4.78 is 48.0. The number of aryl methyl sites for hydroxylation is 1. The van der Waals surface area contributed by atoms with E-state index < -0.39 is 12.3 Å². The summed E-state index contributed by atoms with van der Waals surface area (Å²) in [4.78, 5) is 11.4. The van der Waals surface area contributed by atoms with Gasteiger partial charge in [-0.3, -0.25) is 4.79 Å². The van der Waals surface area contributed by atoms with Crippen LogP contribution in [0.4, 0.5) is 13.2 Å². The van der Waals surface area contributed by atoms with Gasteiger partial charge in [0.15, 0.2) is 0 Å². The van der Waals surface area contributed by atoms with Crippen molar-refractivity contribution in [2.24, 2.45) is 5.92 Å². The molecule has 2 atom stereocenters. The number of fused-ring (bicyclic) bond motifs is 1. The van der Waals surface area contributed by atoms with Crippen molar-refractivity contribution in [2.45, 2.75) is 50.5 Å². The molecular formula is C28H25F3O4. The number of halogens is 3. The molecule has 0 spiro atoms. The Morgan fingerprint density at radius 2 is 1.77 bits per heavy atom. The molecule has 1 heterocycles. The molecule has 3 aromatic rings. The van der Waals surface area contributed by atoms with E-state index in [1.807, 2.05) is 36.4 Å². The second-order valence-corrected chi connectivity index (χ2v) is 9.25. The Labute approximate surface area is 201 Å². The van der Waals surface area contributed by atoms with Gasteiger partial charge >= 0.3 is 12.3 Å². The fourth-order valence-corrected chi connectivity index (χ4v) is 4.86. The number of aliphatic carboxylic acids is 1. The predicted molar refractivity (Wildman–Crippen MR) is 124 cm³/mol. The van der Waals surface area contributed by atoms with Gasteiger partial charge in [-0.2, -0.15) is 0 Å². The van der Waals surface area contributed by atoms with Gasteiger partial charge in [-0.1, -0.05) is 48.5 Å². The van der Waals surface area contributed by atoms with Crippen LogP contribution in [0.2, 0.25) is 0 Å². The van der Waals surface area contributed by atoms with Crippen molar-refractivity contribution >= 4 is 5.97 Å². The van der Waals surface area contributed by atoms with Gasteiger partial charge in [-0.15, -0.1) is 13.2 Å². The maximum absolute atomic E-state index is 12.5. The van der Waals surface area contributed by atoms with Crippen LogP contribution < -0.4 is 9.47 Å². The molecule has 1 fully saturated rings. The maximum Gasteiger partial charge on any atom is 0.573 e. The van der Waals surface area contributed by atoms with Crippen LogP contribution in [0.5, 0.6) is 11.5 Å². The van der Waals surface area contributed by atoms with Gasteiger partial charge in [-0.05, 0) is 83.5 Å².